The molecule has 4 aromatic heterocycles. The minimum Gasteiger partial charge on any atom is -0.490 e. The summed E-state index contributed by atoms with van der Waals surface area (Å²) in [5, 5.41) is 17.4. The van der Waals surface area contributed by atoms with E-state index in [1.54, 1.807) is 29.8 Å². The Bertz CT molecular complexity index is 1520. The van der Waals surface area contributed by atoms with Crippen molar-refractivity contribution < 1.29 is 14.4 Å². The predicted molar refractivity (Wildman–Crippen MR) is 130 cm³/mol. The van der Waals surface area contributed by atoms with Crippen LogP contribution in [0.5, 0.6) is 5.75 Å². The number of pyridine rings is 1. The highest BCUT2D eigenvalue weighted by atomic mass is 32.1. The number of ether oxygens (including phenoxy) is 1. The number of piperidine rings is 1. The maximum Gasteiger partial charge on any atom is 0.225 e. The van der Waals surface area contributed by atoms with Gasteiger partial charge in [-0.3, -0.25) is 4.98 Å². The van der Waals surface area contributed by atoms with E-state index in [1.165, 1.54) is 0 Å². The van der Waals surface area contributed by atoms with E-state index in [9.17, 15) is 5.21 Å². The van der Waals surface area contributed by atoms with Crippen LogP contribution >= 0.6 is 11.3 Å². The molecule has 5 aromatic rings. The number of fused-ring (bicyclic) bond motifs is 2. The first kappa shape index (κ1) is 20.6. The Morgan fingerprint density at radius 2 is 1.91 bits per heavy atom. The highest BCUT2D eigenvalue weighted by molar-refractivity contribution is 7.17. The van der Waals surface area contributed by atoms with Crippen molar-refractivity contribution in [1.29, 1.82) is 0 Å². The van der Waals surface area contributed by atoms with Crippen LogP contribution in [0.2, 0.25) is 0 Å². The van der Waals surface area contributed by atoms with Gasteiger partial charge in [0.1, 0.15) is 28.5 Å². The van der Waals surface area contributed by atoms with Gasteiger partial charge >= 0.3 is 0 Å². The average Bonchev–Trinajstić information content (AvgIpc) is 3.37. The van der Waals surface area contributed by atoms with E-state index in [0.29, 0.717) is 33.5 Å². The maximum atomic E-state index is 9.70. The maximum absolute atomic E-state index is 9.70. The monoisotopic (exact) mass is 471 g/mol. The molecule has 0 unspecified atom stereocenters. The lowest BCUT2D eigenvalue weighted by molar-refractivity contribution is 0.170. The molecule has 0 bridgehead atoms. The SMILES string of the molecule is ON=c1cc(-c2cc3sccc3cn2)oc2ccc(OC3CCN(c4ncccn4)CC3)cc12. The number of nitrogens with zero attached hydrogens (tertiary/aromatic N) is 5. The second kappa shape index (κ2) is 8.75. The molecule has 9 heteroatoms. The summed E-state index contributed by atoms with van der Waals surface area (Å²) in [4.78, 5) is 15.3. The molecule has 0 radical (unpaired) electrons. The summed E-state index contributed by atoms with van der Waals surface area (Å²) in [6.07, 6.45) is 7.17. The molecule has 34 heavy (non-hydrogen) atoms. The summed E-state index contributed by atoms with van der Waals surface area (Å²) in [7, 11) is 0. The van der Waals surface area contributed by atoms with Crippen molar-refractivity contribution in [2.24, 2.45) is 5.16 Å². The van der Waals surface area contributed by atoms with Crippen molar-refractivity contribution in [3.63, 3.8) is 0 Å². The third-order valence-electron chi connectivity index (χ3n) is 5.99. The third-order valence-corrected chi connectivity index (χ3v) is 6.87. The van der Waals surface area contributed by atoms with Crippen LogP contribution in [-0.2, 0) is 0 Å². The lowest BCUT2D eigenvalue weighted by Gasteiger charge is -2.32. The Hall–Kier alpha value is -3.98. The molecule has 1 fully saturated rings. The zero-order valence-corrected chi connectivity index (χ0v) is 19.0. The van der Waals surface area contributed by atoms with Crippen molar-refractivity contribution in [3.05, 3.63) is 71.8 Å². The standard InChI is InChI=1S/C25H21N5O3S/c31-29-20-13-23(21-14-24-16(15-28-21)6-11-34-24)33-22-3-2-18(12-19(20)22)32-17-4-9-30(10-5-17)25-26-7-1-8-27-25/h1-3,6-8,11-15,17,31H,4-5,9-10H2. The van der Waals surface area contributed by atoms with Crippen LogP contribution in [0.15, 0.2) is 76.0 Å². The van der Waals surface area contributed by atoms with Gasteiger partial charge in [0.05, 0.1) is 5.39 Å². The van der Waals surface area contributed by atoms with Crippen LogP contribution in [0.4, 0.5) is 5.95 Å². The number of hydrogen-bond donors (Lipinski definition) is 1. The molecule has 1 N–H and O–H groups in total. The van der Waals surface area contributed by atoms with Crippen LogP contribution in [0, 0.1) is 0 Å². The zero-order valence-electron chi connectivity index (χ0n) is 18.2. The van der Waals surface area contributed by atoms with Gasteiger partial charge in [-0.05, 0) is 41.8 Å². The Balaban J connectivity index is 1.23. The molecular weight excluding hydrogens is 450 g/mol. The molecule has 0 spiro atoms. The molecule has 1 aromatic carbocycles. The minimum absolute atomic E-state index is 0.0878. The van der Waals surface area contributed by atoms with Gasteiger partial charge in [-0.15, -0.1) is 11.3 Å². The summed E-state index contributed by atoms with van der Waals surface area (Å²) < 4.78 is 13.5. The van der Waals surface area contributed by atoms with Gasteiger partial charge in [0, 0.05) is 60.7 Å². The van der Waals surface area contributed by atoms with Gasteiger partial charge in [0.15, 0.2) is 5.76 Å². The van der Waals surface area contributed by atoms with Gasteiger partial charge in [-0.25, -0.2) is 9.97 Å². The van der Waals surface area contributed by atoms with Crippen LogP contribution < -0.4 is 15.0 Å². The first-order valence-corrected chi connectivity index (χ1v) is 11.9. The molecule has 1 saturated heterocycles. The molecule has 8 nitrogen and oxygen atoms in total. The number of aromatic nitrogens is 3. The molecule has 5 heterocycles. The van der Waals surface area contributed by atoms with Crippen molar-refractivity contribution in [1.82, 2.24) is 15.0 Å². The number of anilines is 1. The van der Waals surface area contributed by atoms with Crippen molar-refractivity contribution in [2.45, 2.75) is 18.9 Å². The lowest BCUT2D eigenvalue weighted by atomic mass is 10.1. The highest BCUT2D eigenvalue weighted by Crippen LogP contribution is 2.29. The third kappa shape index (κ3) is 3.94. The fourth-order valence-corrected chi connectivity index (χ4v) is 5.04. The quantitative estimate of drug-likeness (QED) is 0.296. The highest BCUT2D eigenvalue weighted by Gasteiger charge is 2.22. The van der Waals surface area contributed by atoms with Crippen LogP contribution in [0.1, 0.15) is 12.8 Å². The Labute approximate surface area is 198 Å². The van der Waals surface area contributed by atoms with E-state index < -0.39 is 0 Å². The van der Waals surface area contributed by atoms with E-state index in [0.717, 1.165) is 42.0 Å². The Kier molecular flexibility index (Phi) is 5.31. The van der Waals surface area contributed by atoms with Gasteiger partial charge < -0.3 is 19.3 Å². The van der Waals surface area contributed by atoms with Gasteiger partial charge in [0.25, 0.3) is 0 Å². The largest absolute Gasteiger partial charge is 0.490 e. The normalized spacial score (nSPS) is 15.3. The van der Waals surface area contributed by atoms with Crippen molar-refractivity contribution >= 4 is 38.3 Å². The van der Waals surface area contributed by atoms with Crippen LogP contribution in [0.3, 0.4) is 0 Å². The second-order valence-corrected chi connectivity index (χ2v) is 9.08. The predicted octanol–water partition coefficient (Wildman–Crippen LogP) is 4.84. The summed E-state index contributed by atoms with van der Waals surface area (Å²) in [5.41, 5.74) is 1.29. The minimum atomic E-state index is 0.0878. The molecule has 170 valence electrons. The molecule has 0 aliphatic carbocycles. The van der Waals surface area contributed by atoms with Crippen LogP contribution in [-0.4, -0.2) is 39.4 Å². The number of hydrogen-bond acceptors (Lipinski definition) is 9. The molecule has 0 atom stereocenters. The molecule has 0 amide bonds. The molecule has 1 aliphatic rings. The molecule has 1 aliphatic heterocycles. The van der Waals surface area contributed by atoms with Crippen LogP contribution in [0.25, 0.3) is 32.5 Å². The van der Waals surface area contributed by atoms with E-state index in [2.05, 4.69) is 25.0 Å². The average molecular weight is 472 g/mol. The fraction of sp³-hybridized carbons (Fsp3) is 0.200. The zero-order chi connectivity index (χ0) is 22.9. The number of benzene rings is 1. The smallest absolute Gasteiger partial charge is 0.225 e. The Morgan fingerprint density at radius 1 is 1.06 bits per heavy atom. The molecule has 0 saturated carbocycles. The first-order chi connectivity index (χ1) is 16.8. The van der Waals surface area contributed by atoms with Crippen molar-refractivity contribution in [3.8, 4) is 17.2 Å². The van der Waals surface area contributed by atoms with E-state index in [4.69, 9.17) is 9.15 Å². The van der Waals surface area contributed by atoms with E-state index in [1.807, 2.05) is 48.0 Å². The second-order valence-electron chi connectivity index (χ2n) is 8.13. The summed E-state index contributed by atoms with van der Waals surface area (Å²) >= 11 is 1.65. The van der Waals surface area contributed by atoms with Gasteiger partial charge in [-0.2, -0.15) is 0 Å². The lowest BCUT2D eigenvalue weighted by Crippen LogP contribution is -2.39. The molecular formula is C25H21N5O3S. The first-order valence-electron chi connectivity index (χ1n) is 11.0. The topological polar surface area (TPSA) is 96.9 Å². The van der Waals surface area contributed by atoms with Crippen molar-refractivity contribution in [2.75, 3.05) is 18.0 Å². The summed E-state index contributed by atoms with van der Waals surface area (Å²) in [6, 6.07) is 13.1. The van der Waals surface area contributed by atoms with Gasteiger partial charge in [0.2, 0.25) is 5.95 Å². The van der Waals surface area contributed by atoms with E-state index in [-0.39, 0.29) is 6.10 Å². The number of rotatable bonds is 4. The van der Waals surface area contributed by atoms with Gasteiger partial charge in [-0.1, -0.05) is 5.16 Å². The molecule has 6 rings (SSSR count). The fourth-order valence-electron chi connectivity index (χ4n) is 4.24. The number of thiophene rings is 1. The summed E-state index contributed by atoms with van der Waals surface area (Å²) in [6.45, 7) is 1.67. The Morgan fingerprint density at radius 3 is 2.74 bits per heavy atom. The van der Waals surface area contributed by atoms with E-state index >= 15 is 0 Å². The summed E-state index contributed by atoms with van der Waals surface area (Å²) in [5.74, 6) is 2.01.